The van der Waals surface area contributed by atoms with E-state index in [4.69, 9.17) is 5.26 Å². The summed E-state index contributed by atoms with van der Waals surface area (Å²) in [5.41, 5.74) is 0.176. The van der Waals surface area contributed by atoms with Gasteiger partial charge in [-0.05, 0) is 49.4 Å². The summed E-state index contributed by atoms with van der Waals surface area (Å²) in [6, 6.07) is 5.55. The van der Waals surface area contributed by atoms with Crippen molar-refractivity contribution in [1.29, 1.82) is 5.26 Å². The highest BCUT2D eigenvalue weighted by atomic mass is 19.3. The lowest BCUT2D eigenvalue weighted by Gasteiger charge is -2.46. The van der Waals surface area contributed by atoms with Crippen LogP contribution < -0.4 is 10.6 Å². The number of aromatic nitrogens is 4. The molecule has 38 heavy (non-hydrogen) atoms. The summed E-state index contributed by atoms with van der Waals surface area (Å²) in [5.74, 6) is -5.38. The van der Waals surface area contributed by atoms with Crippen LogP contribution in [0.1, 0.15) is 70.1 Å². The lowest BCUT2D eigenvalue weighted by Crippen LogP contribution is -2.61. The van der Waals surface area contributed by atoms with Crippen LogP contribution in [0.3, 0.4) is 0 Å². The van der Waals surface area contributed by atoms with Gasteiger partial charge >= 0.3 is 0 Å². The Hall–Kier alpha value is -4.18. The molecule has 1 aromatic carbocycles. The number of fused-ring (bicyclic) bond motifs is 3. The van der Waals surface area contributed by atoms with Crippen molar-refractivity contribution in [3.05, 3.63) is 64.0 Å². The summed E-state index contributed by atoms with van der Waals surface area (Å²) in [4.78, 5) is 26.6. The molecule has 0 spiro atoms. The number of hydrogen-bond acceptors (Lipinski definition) is 7. The first kappa shape index (κ1) is 24.2. The van der Waals surface area contributed by atoms with E-state index in [0.29, 0.717) is 29.1 Å². The van der Waals surface area contributed by atoms with Gasteiger partial charge in [-0.3, -0.25) is 9.59 Å². The summed E-state index contributed by atoms with van der Waals surface area (Å²) in [7, 11) is 0. The maximum atomic E-state index is 13.9. The molecule has 0 bridgehead atoms. The van der Waals surface area contributed by atoms with Gasteiger partial charge < -0.3 is 20.3 Å². The molecule has 13 heteroatoms. The molecule has 2 aliphatic carbocycles. The molecule has 1 amide bonds. The van der Waals surface area contributed by atoms with Gasteiger partial charge in [-0.2, -0.15) is 20.7 Å². The molecule has 3 aromatic rings. The molecular formula is C25H22F3N7O3. The Labute approximate surface area is 213 Å². The molecule has 0 radical (unpaired) electrons. The number of hydrogen-bond donors (Lipinski definition) is 4. The Bertz CT molecular complexity index is 1520. The molecule has 2 aromatic heterocycles. The quantitative estimate of drug-likeness (QED) is 0.211. The van der Waals surface area contributed by atoms with Crippen molar-refractivity contribution in [3.63, 3.8) is 0 Å². The van der Waals surface area contributed by atoms with Gasteiger partial charge in [0, 0.05) is 30.3 Å². The second kappa shape index (κ2) is 8.16. The van der Waals surface area contributed by atoms with Gasteiger partial charge in [-0.25, -0.2) is 13.2 Å². The zero-order valence-electron chi connectivity index (χ0n) is 20.1. The van der Waals surface area contributed by atoms with Gasteiger partial charge in [-0.15, -0.1) is 0 Å². The number of rotatable bonds is 7. The van der Waals surface area contributed by atoms with Crippen molar-refractivity contribution in [1.82, 2.24) is 25.3 Å². The van der Waals surface area contributed by atoms with E-state index in [1.165, 1.54) is 18.3 Å². The number of Topliss-reactive ketones (excluding diaryl/α,β-unsaturated/α-hetero) is 1. The van der Waals surface area contributed by atoms with Crippen LogP contribution in [0.5, 0.6) is 0 Å². The summed E-state index contributed by atoms with van der Waals surface area (Å²) in [6.07, 6.45) is -0.116. The van der Waals surface area contributed by atoms with Crippen molar-refractivity contribution >= 4 is 17.4 Å². The van der Waals surface area contributed by atoms with E-state index in [2.05, 4.69) is 26.0 Å². The lowest BCUT2D eigenvalue weighted by atomic mass is 9.71. The summed E-state index contributed by atoms with van der Waals surface area (Å²) >= 11 is 0. The fourth-order valence-electron chi connectivity index (χ4n) is 5.94. The molecule has 1 aliphatic heterocycles. The van der Waals surface area contributed by atoms with E-state index in [1.54, 1.807) is 13.0 Å². The number of halogens is 3. The first-order valence-corrected chi connectivity index (χ1v) is 12.0. The molecule has 0 saturated heterocycles. The predicted octanol–water partition coefficient (Wildman–Crippen LogP) is 2.77. The highest BCUT2D eigenvalue weighted by Crippen LogP contribution is 2.55. The van der Waals surface area contributed by atoms with Crippen LogP contribution in [-0.2, 0) is 16.8 Å². The number of aromatic amines is 1. The maximum absolute atomic E-state index is 13.9. The van der Waals surface area contributed by atoms with Crippen LogP contribution in [0.15, 0.2) is 24.4 Å². The number of ketones is 1. The van der Waals surface area contributed by atoms with Crippen LogP contribution in [-0.4, -0.2) is 42.7 Å². The lowest BCUT2D eigenvalue weighted by molar-refractivity contribution is -0.148. The average Bonchev–Trinajstić information content (AvgIpc) is 3.18. The second-order valence-electron chi connectivity index (χ2n) is 10.3. The molecule has 3 heterocycles. The second-order valence-corrected chi connectivity index (χ2v) is 10.3. The van der Waals surface area contributed by atoms with Crippen LogP contribution in [0.2, 0.25) is 0 Å². The maximum Gasteiger partial charge on any atom is 0.293 e. The molecule has 3 atom stereocenters. The number of nitrogens with zero attached hydrogens (tertiary/aromatic N) is 4. The summed E-state index contributed by atoms with van der Waals surface area (Å²) in [6.45, 7) is 1.61. The summed E-state index contributed by atoms with van der Waals surface area (Å²) in [5, 5.41) is 35.4. The third-order valence-electron chi connectivity index (χ3n) is 7.73. The highest BCUT2D eigenvalue weighted by Gasteiger charge is 2.60. The van der Waals surface area contributed by atoms with Crippen molar-refractivity contribution in [2.75, 3.05) is 5.32 Å². The molecule has 4 N–H and O–H groups in total. The zero-order valence-corrected chi connectivity index (χ0v) is 20.1. The molecule has 196 valence electrons. The Morgan fingerprint density at radius 2 is 2.11 bits per heavy atom. The Balaban J connectivity index is 1.31. The van der Waals surface area contributed by atoms with E-state index in [0.717, 1.165) is 12.5 Å². The van der Waals surface area contributed by atoms with E-state index >= 15 is 0 Å². The molecule has 1 unspecified atom stereocenters. The topological polar surface area (TPSA) is 149 Å². The van der Waals surface area contributed by atoms with E-state index in [1.807, 2.05) is 4.57 Å². The van der Waals surface area contributed by atoms with Gasteiger partial charge in [0.05, 0.1) is 28.6 Å². The number of carbonyl (C=O) groups excluding carboxylic acids is 2. The third kappa shape index (κ3) is 3.66. The molecule has 2 fully saturated rings. The zero-order chi connectivity index (χ0) is 27.0. The Kier molecular flexibility index (Phi) is 5.19. The third-order valence-corrected chi connectivity index (χ3v) is 7.73. The van der Waals surface area contributed by atoms with Crippen molar-refractivity contribution in [3.8, 4) is 6.07 Å². The number of anilines is 1. The number of benzene rings is 1. The minimum atomic E-state index is -3.02. The SMILES string of the molecule is Cc1c(C(=O)C(=O)NC2(c3cn[nH]n3)CC(F)(F)C2)c2n(c1C(O)Nc1ccc(F)c(C#N)c1)[C@@H]1C[C@@H]1C2. The number of carbonyl (C=O) groups is 2. The van der Waals surface area contributed by atoms with Gasteiger partial charge in [0.1, 0.15) is 17.6 Å². The first-order chi connectivity index (χ1) is 18.0. The van der Waals surface area contributed by atoms with Gasteiger partial charge in [-0.1, -0.05) is 0 Å². The number of alkyl halides is 2. The monoisotopic (exact) mass is 525 g/mol. The fourth-order valence-corrected chi connectivity index (χ4v) is 5.94. The molecular weight excluding hydrogens is 503 g/mol. The van der Waals surface area contributed by atoms with Crippen molar-refractivity contribution in [2.24, 2.45) is 5.92 Å². The Morgan fingerprint density at radius 3 is 2.76 bits per heavy atom. The fraction of sp³-hybridized carbons (Fsp3) is 0.400. The van der Waals surface area contributed by atoms with Crippen molar-refractivity contribution in [2.45, 2.75) is 56.3 Å². The van der Waals surface area contributed by atoms with Crippen molar-refractivity contribution < 1.29 is 27.9 Å². The average molecular weight is 525 g/mol. The minimum absolute atomic E-state index is 0.0643. The predicted molar refractivity (Wildman–Crippen MR) is 124 cm³/mol. The normalized spacial score (nSPS) is 22.4. The minimum Gasteiger partial charge on any atom is -0.368 e. The van der Waals surface area contributed by atoms with Gasteiger partial charge in [0.25, 0.3) is 17.6 Å². The molecule has 2 saturated carbocycles. The highest BCUT2D eigenvalue weighted by molar-refractivity contribution is 6.43. The van der Waals surface area contributed by atoms with Crippen LogP contribution in [0.4, 0.5) is 18.9 Å². The van der Waals surface area contributed by atoms with Gasteiger partial charge in [0.2, 0.25) is 0 Å². The standard InChI is InChI=1S/C25H22F3N7O3/c1-11-19(21(36)23(38)32-24(9-25(27,28)10-24)18-8-30-34-33-18)17-6-12-5-16(12)35(17)20(11)22(37)31-14-2-3-15(26)13(4-14)7-29/h2-4,8,12,16,22,31,37H,5-6,9-10H2,1H3,(H,32,38)(H,30,33,34)/t12-,16-,22?/m1/s1. The first-order valence-electron chi connectivity index (χ1n) is 12.0. The van der Waals surface area contributed by atoms with E-state index < -0.39 is 48.0 Å². The molecule has 10 nitrogen and oxygen atoms in total. The number of H-pyrrole nitrogens is 1. The smallest absolute Gasteiger partial charge is 0.293 e. The van der Waals surface area contributed by atoms with Crippen LogP contribution in [0.25, 0.3) is 0 Å². The van der Waals surface area contributed by atoms with Gasteiger partial charge in [0.15, 0.2) is 6.23 Å². The van der Waals surface area contributed by atoms with Crippen LogP contribution in [0, 0.1) is 30.0 Å². The number of amides is 1. The number of aliphatic hydroxyl groups excluding tert-OH is 1. The number of nitriles is 1. The summed E-state index contributed by atoms with van der Waals surface area (Å²) < 4.78 is 43.3. The van der Waals surface area contributed by atoms with E-state index in [-0.39, 0.29) is 28.8 Å². The number of aliphatic hydroxyl groups is 1. The number of nitrogens with one attached hydrogen (secondary N) is 3. The molecule has 3 aliphatic rings. The molecule has 6 rings (SSSR count). The van der Waals surface area contributed by atoms with E-state index in [9.17, 15) is 27.9 Å². The van der Waals surface area contributed by atoms with Crippen LogP contribution >= 0.6 is 0 Å². The Morgan fingerprint density at radius 1 is 1.34 bits per heavy atom. The largest absolute Gasteiger partial charge is 0.368 e.